The third-order valence-corrected chi connectivity index (χ3v) is 3.32. The van der Waals surface area contributed by atoms with E-state index in [0.29, 0.717) is 10.6 Å². The third kappa shape index (κ3) is 3.17. The van der Waals surface area contributed by atoms with Crippen molar-refractivity contribution in [1.82, 2.24) is 4.90 Å². The molecule has 1 aromatic carbocycles. The summed E-state index contributed by atoms with van der Waals surface area (Å²) in [5.41, 5.74) is 6.99. The van der Waals surface area contributed by atoms with Crippen LogP contribution in [0.4, 0.5) is 0 Å². The van der Waals surface area contributed by atoms with E-state index in [1.165, 1.54) is 4.90 Å². The molecule has 0 heterocycles. The second kappa shape index (κ2) is 5.47. The number of benzene rings is 1. The molecular formula is C12H15ClN2OS. The Hall–Kier alpha value is -1.13. The molecule has 0 aromatic heterocycles. The maximum Gasteiger partial charge on any atom is 0.255 e. The number of thiocarbonyl (C=S) groups is 1. The minimum atomic E-state index is -0.296. The number of halogens is 1. The highest BCUT2D eigenvalue weighted by atomic mass is 35.5. The second-order valence-electron chi connectivity index (χ2n) is 3.98. The van der Waals surface area contributed by atoms with Crippen molar-refractivity contribution in [1.29, 1.82) is 0 Å². The van der Waals surface area contributed by atoms with Crippen LogP contribution in [-0.4, -0.2) is 28.9 Å². The van der Waals surface area contributed by atoms with Crippen molar-refractivity contribution in [3.05, 3.63) is 34.3 Å². The van der Waals surface area contributed by atoms with Gasteiger partial charge in [0.25, 0.3) is 5.91 Å². The Morgan fingerprint density at radius 2 is 2.12 bits per heavy atom. The number of likely N-dealkylation sites (N-methyl/N-ethyl adjacent to an activating group) is 1. The standard InChI is InChI=1S/C12H15ClN2OS/c1-7-4-5-9(10(13)6-7)12(16)15(3)8(2)11(14)17/h4-6,8H,1-3H3,(H2,14,17). The number of nitrogens with two attached hydrogens (primary N) is 1. The lowest BCUT2D eigenvalue weighted by molar-refractivity contribution is 0.0779. The van der Waals surface area contributed by atoms with Crippen molar-refractivity contribution in [2.75, 3.05) is 7.05 Å². The van der Waals surface area contributed by atoms with Crippen molar-refractivity contribution in [3.8, 4) is 0 Å². The van der Waals surface area contributed by atoms with Crippen molar-refractivity contribution < 1.29 is 4.79 Å². The van der Waals surface area contributed by atoms with Gasteiger partial charge < -0.3 is 10.6 Å². The number of carbonyl (C=O) groups is 1. The van der Waals surface area contributed by atoms with Gasteiger partial charge >= 0.3 is 0 Å². The highest BCUT2D eigenvalue weighted by molar-refractivity contribution is 7.80. The van der Waals surface area contributed by atoms with Crippen LogP contribution in [0.2, 0.25) is 5.02 Å². The lowest BCUT2D eigenvalue weighted by atomic mass is 10.1. The smallest absolute Gasteiger partial charge is 0.255 e. The maximum atomic E-state index is 12.1. The Balaban J connectivity index is 3.00. The molecule has 1 amide bonds. The van der Waals surface area contributed by atoms with E-state index in [9.17, 15) is 4.79 Å². The fourth-order valence-corrected chi connectivity index (χ4v) is 1.82. The number of amides is 1. The lowest BCUT2D eigenvalue weighted by Gasteiger charge is -2.24. The molecule has 1 atom stereocenters. The lowest BCUT2D eigenvalue weighted by Crippen LogP contribution is -2.42. The van der Waals surface area contributed by atoms with Crippen LogP contribution in [0.1, 0.15) is 22.8 Å². The van der Waals surface area contributed by atoms with E-state index in [-0.39, 0.29) is 16.9 Å². The molecule has 17 heavy (non-hydrogen) atoms. The summed E-state index contributed by atoms with van der Waals surface area (Å²) in [6.07, 6.45) is 0. The fourth-order valence-electron chi connectivity index (χ4n) is 1.35. The zero-order valence-electron chi connectivity index (χ0n) is 10.0. The average Bonchev–Trinajstić information content (AvgIpc) is 2.26. The largest absolute Gasteiger partial charge is 0.392 e. The average molecular weight is 271 g/mol. The molecular weight excluding hydrogens is 256 g/mol. The first-order chi connectivity index (χ1) is 7.84. The number of hydrogen-bond donors (Lipinski definition) is 1. The minimum absolute atomic E-state index is 0.185. The molecule has 0 radical (unpaired) electrons. The maximum absolute atomic E-state index is 12.1. The summed E-state index contributed by atoms with van der Waals surface area (Å²) in [6, 6.07) is 5.02. The van der Waals surface area contributed by atoms with E-state index in [1.807, 2.05) is 13.0 Å². The van der Waals surface area contributed by atoms with Gasteiger partial charge in [0.15, 0.2) is 0 Å². The van der Waals surface area contributed by atoms with E-state index in [4.69, 9.17) is 29.6 Å². The van der Waals surface area contributed by atoms with E-state index >= 15 is 0 Å². The summed E-state index contributed by atoms with van der Waals surface area (Å²) in [6.45, 7) is 3.70. The van der Waals surface area contributed by atoms with Crippen LogP contribution in [0.25, 0.3) is 0 Å². The van der Waals surface area contributed by atoms with Gasteiger partial charge in [0.2, 0.25) is 0 Å². The van der Waals surface area contributed by atoms with Gasteiger partial charge in [0.1, 0.15) is 0 Å². The van der Waals surface area contributed by atoms with Gasteiger partial charge in [0, 0.05) is 7.05 Å². The molecule has 0 saturated heterocycles. The van der Waals surface area contributed by atoms with Gasteiger partial charge in [-0.3, -0.25) is 4.79 Å². The molecule has 0 aliphatic heterocycles. The van der Waals surface area contributed by atoms with Gasteiger partial charge in [-0.15, -0.1) is 0 Å². The Bertz CT molecular complexity index is 462. The molecule has 1 aromatic rings. The zero-order valence-corrected chi connectivity index (χ0v) is 11.6. The highest BCUT2D eigenvalue weighted by Crippen LogP contribution is 2.19. The van der Waals surface area contributed by atoms with E-state index in [1.54, 1.807) is 26.1 Å². The minimum Gasteiger partial charge on any atom is -0.392 e. The van der Waals surface area contributed by atoms with E-state index < -0.39 is 0 Å². The Labute approximate surface area is 112 Å². The summed E-state index contributed by atoms with van der Waals surface area (Å²) in [7, 11) is 1.66. The molecule has 0 saturated carbocycles. The fraction of sp³-hybridized carbons (Fsp3) is 0.333. The quantitative estimate of drug-likeness (QED) is 0.858. The van der Waals surface area contributed by atoms with E-state index in [2.05, 4.69) is 0 Å². The molecule has 92 valence electrons. The van der Waals surface area contributed by atoms with Gasteiger partial charge in [-0.05, 0) is 31.5 Å². The monoisotopic (exact) mass is 270 g/mol. The first-order valence-corrected chi connectivity index (χ1v) is 5.96. The van der Waals surface area contributed by atoms with Crippen molar-refractivity contribution >= 4 is 34.7 Å². The molecule has 1 unspecified atom stereocenters. The van der Waals surface area contributed by atoms with E-state index in [0.717, 1.165) is 5.56 Å². The van der Waals surface area contributed by atoms with Gasteiger partial charge in [-0.1, -0.05) is 29.9 Å². The Morgan fingerprint density at radius 1 is 1.53 bits per heavy atom. The molecule has 0 fully saturated rings. The van der Waals surface area contributed by atoms with Crippen LogP contribution >= 0.6 is 23.8 Å². The number of aryl methyl sites for hydroxylation is 1. The van der Waals surface area contributed by atoms with Crippen molar-refractivity contribution in [3.63, 3.8) is 0 Å². The topological polar surface area (TPSA) is 46.3 Å². The first-order valence-electron chi connectivity index (χ1n) is 5.17. The first kappa shape index (κ1) is 13.9. The number of carbonyl (C=O) groups excluding carboxylic acids is 1. The molecule has 3 nitrogen and oxygen atoms in total. The molecule has 1 rings (SSSR count). The summed E-state index contributed by atoms with van der Waals surface area (Å²) in [5, 5.41) is 0.442. The Morgan fingerprint density at radius 3 is 2.59 bits per heavy atom. The van der Waals surface area contributed by atoms with Crippen LogP contribution in [0.3, 0.4) is 0 Å². The molecule has 0 aliphatic rings. The number of hydrogen-bond acceptors (Lipinski definition) is 2. The van der Waals surface area contributed by atoms with Crippen LogP contribution in [0.5, 0.6) is 0 Å². The van der Waals surface area contributed by atoms with Crippen LogP contribution in [0.15, 0.2) is 18.2 Å². The highest BCUT2D eigenvalue weighted by Gasteiger charge is 2.21. The van der Waals surface area contributed by atoms with Crippen LogP contribution < -0.4 is 5.73 Å². The molecule has 0 spiro atoms. The third-order valence-electron chi connectivity index (χ3n) is 2.67. The van der Waals surface area contributed by atoms with Gasteiger partial charge in [-0.2, -0.15) is 0 Å². The summed E-state index contributed by atoms with van der Waals surface area (Å²) in [4.78, 5) is 13.9. The van der Waals surface area contributed by atoms with Crippen molar-refractivity contribution in [2.24, 2.45) is 5.73 Å². The molecule has 0 aliphatic carbocycles. The van der Waals surface area contributed by atoms with Gasteiger partial charge in [0.05, 0.1) is 21.6 Å². The molecule has 5 heteroatoms. The predicted octanol–water partition coefficient (Wildman–Crippen LogP) is 2.40. The molecule has 0 bridgehead atoms. The summed E-state index contributed by atoms with van der Waals surface area (Å²) < 4.78 is 0. The zero-order chi connectivity index (χ0) is 13.2. The SMILES string of the molecule is Cc1ccc(C(=O)N(C)C(C)C(N)=S)c(Cl)c1. The van der Waals surface area contributed by atoms with Crippen molar-refractivity contribution in [2.45, 2.75) is 19.9 Å². The number of nitrogens with zero attached hydrogens (tertiary/aromatic N) is 1. The van der Waals surface area contributed by atoms with Crippen LogP contribution in [-0.2, 0) is 0 Å². The second-order valence-corrected chi connectivity index (χ2v) is 4.86. The number of rotatable bonds is 3. The normalized spacial score (nSPS) is 12.0. The summed E-state index contributed by atoms with van der Waals surface area (Å²) in [5.74, 6) is -0.185. The molecule has 2 N–H and O–H groups in total. The van der Waals surface area contributed by atoms with Crippen LogP contribution in [0, 0.1) is 6.92 Å². The van der Waals surface area contributed by atoms with Gasteiger partial charge in [-0.25, -0.2) is 0 Å². The Kier molecular flexibility index (Phi) is 4.48. The predicted molar refractivity (Wildman–Crippen MR) is 74.5 cm³/mol. The summed E-state index contributed by atoms with van der Waals surface area (Å²) >= 11 is 10.9.